The van der Waals surface area contributed by atoms with E-state index in [0.29, 0.717) is 19.0 Å². The Kier molecular flexibility index (Phi) is 5.60. The molecule has 2 rings (SSSR count). The van der Waals surface area contributed by atoms with E-state index >= 15 is 0 Å². The van der Waals surface area contributed by atoms with Crippen LogP contribution < -0.4 is 10.6 Å². The molecule has 0 aromatic heterocycles. The van der Waals surface area contributed by atoms with Crippen molar-refractivity contribution >= 4 is 15.7 Å². The summed E-state index contributed by atoms with van der Waals surface area (Å²) in [4.78, 5) is 11.8. The minimum Gasteiger partial charge on any atom is -0.353 e. The van der Waals surface area contributed by atoms with Crippen molar-refractivity contribution in [1.82, 2.24) is 10.6 Å². The van der Waals surface area contributed by atoms with Gasteiger partial charge < -0.3 is 10.6 Å². The Bertz CT molecular complexity index is 451. The summed E-state index contributed by atoms with van der Waals surface area (Å²) in [5.41, 5.74) is 0. The lowest BCUT2D eigenvalue weighted by Gasteiger charge is -2.16. The Labute approximate surface area is 121 Å². The Morgan fingerprint density at radius 1 is 1.15 bits per heavy atom. The van der Waals surface area contributed by atoms with E-state index in [4.69, 9.17) is 0 Å². The summed E-state index contributed by atoms with van der Waals surface area (Å²) >= 11 is 0. The monoisotopic (exact) mass is 300 g/mol. The first-order valence-electron chi connectivity index (χ1n) is 7.49. The first-order valence-corrected chi connectivity index (χ1v) is 9.20. The lowest BCUT2D eigenvalue weighted by Crippen LogP contribution is -2.38. The Balaban J connectivity index is 1.62. The van der Waals surface area contributed by atoms with Crippen molar-refractivity contribution in [2.75, 3.05) is 12.3 Å². The van der Waals surface area contributed by atoms with E-state index in [0.717, 1.165) is 12.8 Å². The molecule has 0 bridgehead atoms. The number of sulfone groups is 1. The van der Waals surface area contributed by atoms with Crippen molar-refractivity contribution in [3.05, 3.63) is 11.5 Å². The Morgan fingerprint density at radius 2 is 1.85 bits per heavy atom. The number of amides is 1. The van der Waals surface area contributed by atoms with Gasteiger partial charge in [0.2, 0.25) is 5.91 Å². The van der Waals surface area contributed by atoms with Gasteiger partial charge in [0.15, 0.2) is 9.84 Å². The molecule has 0 radical (unpaired) electrons. The molecule has 6 heteroatoms. The number of carbonyl (C=O) groups is 1. The van der Waals surface area contributed by atoms with E-state index in [9.17, 15) is 13.2 Å². The van der Waals surface area contributed by atoms with Crippen molar-refractivity contribution in [1.29, 1.82) is 0 Å². The quantitative estimate of drug-likeness (QED) is 0.746. The third kappa shape index (κ3) is 5.25. The molecule has 114 valence electrons. The van der Waals surface area contributed by atoms with Gasteiger partial charge in [-0.05, 0) is 12.8 Å². The molecule has 0 aromatic carbocycles. The summed E-state index contributed by atoms with van der Waals surface area (Å²) in [6, 6.07) is 0.183. The third-order valence-corrected chi connectivity index (χ3v) is 5.30. The van der Waals surface area contributed by atoms with Crippen molar-refractivity contribution < 1.29 is 13.2 Å². The van der Waals surface area contributed by atoms with Crippen LogP contribution in [0.2, 0.25) is 0 Å². The smallest absolute Gasteiger partial charge is 0.221 e. The van der Waals surface area contributed by atoms with Crippen LogP contribution in [0.25, 0.3) is 0 Å². The van der Waals surface area contributed by atoms with Gasteiger partial charge in [-0.1, -0.05) is 31.8 Å². The van der Waals surface area contributed by atoms with Crippen LogP contribution in [0.1, 0.15) is 44.9 Å². The van der Waals surface area contributed by atoms with Gasteiger partial charge in [0, 0.05) is 30.5 Å². The summed E-state index contributed by atoms with van der Waals surface area (Å²) < 4.78 is 22.5. The molecule has 0 unspecified atom stereocenters. The topological polar surface area (TPSA) is 75.3 Å². The molecule has 1 heterocycles. The molecule has 1 atom stereocenters. The lowest BCUT2D eigenvalue weighted by molar-refractivity contribution is -0.121. The molecule has 0 aromatic rings. The summed E-state index contributed by atoms with van der Waals surface area (Å²) in [5, 5.41) is 7.42. The van der Waals surface area contributed by atoms with Gasteiger partial charge in [-0.3, -0.25) is 4.79 Å². The predicted molar refractivity (Wildman–Crippen MR) is 79.0 cm³/mol. The summed E-state index contributed by atoms with van der Waals surface area (Å²) in [6.45, 7) is 0.517. The number of nitrogens with one attached hydrogen (secondary N) is 2. The van der Waals surface area contributed by atoms with Gasteiger partial charge in [0.25, 0.3) is 0 Å². The second-order valence-corrected chi connectivity index (χ2v) is 7.66. The van der Waals surface area contributed by atoms with Crippen molar-refractivity contribution in [3.63, 3.8) is 0 Å². The van der Waals surface area contributed by atoms with Crippen LogP contribution in [0.5, 0.6) is 0 Å². The molecule has 1 fully saturated rings. The Hall–Kier alpha value is -0.880. The molecule has 0 saturated heterocycles. The second-order valence-electron chi connectivity index (χ2n) is 5.72. The molecule has 1 amide bonds. The second kappa shape index (κ2) is 7.22. The number of rotatable bonds is 5. The van der Waals surface area contributed by atoms with E-state index in [1.165, 1.54) is 31.1 Å². The zero-order valence-corrected chi connectivity index (χ0v) is 12.6. The minimum absolute atomic E-state index is 0.0641. The fourth-order valence-electron chi connectivity index (χ4n) is 2.80. The molecule has 1 aliphatic carbocycles. The zero-order chi connectivity index (χ0) is 14.4. The average Bonchev–Trinajstić information content (AvgIpc) is 2.60. The molecule has 1 aliphatic heterocycles. The van der Waals surface area contributed by atoms with Gasteiger partial charge in [0.1, 0.15) is 0 Å². The molecule has 1 saturated carbocycles. The molecular formula is C14H24N2O3S. The van der Waals surface area contributed by atoms with E-state index < -0.39 is 9.84 Å². The molecule has 20 heavy (non-hydrogen) atoms. The Morgan fingerprint density at radius 3 is 2.45 bits per heavy atom. The standard InChI is InChI=1S/C14H24N2O3S/c17-14(16-12-5-3-1-2-4-6-12)7-9-15-13-8-10-20(18,19)11-13/h8,10,12-13,15H,1-7,9,11H2,(H,16,17)/t13-/m1/s1. The molecule has 0 spiro atoms. The van der Waals surface area contributed by atoms with E-state index in [1.54, 1.807) is 6.08 Å². The maximum atomic E-state index is 11.8. The predicted octanol–water partition coefficient (Wildman–Crippen LogP) is 1.12. The summed E-state index contributed by atoms with van der Waals surface area (Å²) in [5.74, 6) is 0.172. The zero-order valence-electron chi connectivity index (χ0n) is 11.8. The highest BCUT2D eigenvalue weighted by Crippen LogP contribution is 2.17. The van der Waals surface area contributed by atoms with Crippen molar-refractivity contribution in [2.45, 2.75) is 57.0 Å². The van der Waals surface area contributed by atoms with Crippen LogP contribution in [0.3, 0.4) is 0 Å². The van der Waals surface area contributed by atoms with Crippen molar-refractivity contribution in [3.8, 4) is 0 Å². The van der Waals surface area contributed by atoms with Crippen molar-refractivity contribution in [2.24, 2.45) is 0 Å². The number of hydrogen-bond donors (Lipinski definition) is 2. The fourth-order valence-corrected chi connectivity index (χ4v) is 4.07. The first kappa shape index (κ1) is 15.5. The molecule has 2 N–H and O–H groups in total. The van der Waals surface area contributed by atoms with E-state index in [-0.39, 0.29) is 17.7 Å². The van der Waals surface area contributed by atoms with Crippen LogP contribution >= 0.6 is 0 Å². The SMILES string of the molecule is O=C(CCN[C@@H]1C=CS(=O)(=O)C1)NC1CCCCCC1. The van der Waals surface area contributed by atoms with Crippen LogP contribution in [0, 0.1) is 0 Å². The third-order valence-electron chi connectivity index (χ3n) is 3.91. The molecular weight excluding hydrogens is 276 g/mol. The highest BCUT2D eigenvalue weighted by atomic mass is 32.2. The van der Waals surface area contributed by atoms with Gasteiger partial charge in [-0.15, -0.1) is 0 Å². The molecule has 5 nitrogen and oxygen atoms in total. The average molecular weight is 300 g/mol. The lowest BCUT2D eigenvalue weighted by atomic mass is 10.1. The minimum atomic E-state index is -3.02. The number of hydrogen-bond acceptors (Lipinski definition) is 4. The normalized spacial score (nSPS) is 26.3. The summed E-state index contributed by atoms with van der Waals surface area (Å²) in [7, 11) is -3.02. The number of carbonyl (C=O) groups excluding carboxylic acids is 1. The largest absolute Gasteiger partial charge is 0.353 e. The van der Waals surface area contributed by atoms with Crippen LogP contribution in [0.4, 0.5) is 0 Å². The van der Waals surface area contributed by atoms with Crippen LogP contribution in [-0.2, 0) is 14.6 Å². The maximum Gasteiger partial charge on any atom is 0.221 e. The van der Waals surface area contributed by atoms with E-state index in [2.05, 4.69) is 10.6 Å². The van der Waals surface area contributed by atoms with Gasteiger partial charge in [0.05, 0.1) is 5.75 Å². The van der Waals surface area contributed by atoms with Gasteiger partial charge in [-0.2, -0.15) is 0 Å². The van der Waals surface area contributed by atoms with Crippen LogP contribution in [0.15, 0.2) is 11.5 Å². The highest BCUT2D eigenvalue weighted by molar-refractivity contribution is 7.94. The van der Waals surface area contributed by atoms with Gasteiger partial charge in [-0.25, -0.2) is 8.42 Å². The first-order chi connectivity index (χ1) is 9.55. The maximum absolute atomic E-state index is 11.8. The van der Waals surface area contributed by atoms with Gasteiger partial charge >= 0.3 is 0 Å². The summed E-state index contributed by atoms with van der Waals surface area (Å²) in [6.07, 6.45) is 9.18. The van der Waals surface area contributed by atoms with Crippen LogP contribution in [-0.4, -0.2) is 38.7 Å². The van der Waals surface area contributed by atoms with E-state index in [1.807, 2.05) is 0 Å². The fraction of sp³-hybridized carbons (Fsp3) is 0.786. The highest BCUT2D eigenvalue weighted by Gasteiger charge is 2.21. The molecule has 2 aliphatic rings.